The van der Waals surface area contributed by atoms with Crippen molar-refractivity contribution in [2.75, 3.05) is 0 Å². The number of halogens is 1. The maximum atomic E-state index is 13.3. The van der Waals surface area contributed by atoms with E-state index in [4.69, 9.17) is 20.4 Å². The fourth-order valence-electron chi connectivity index (χ4n) is 3.72. The maximum Gasteiger partial charge on any atom is 0.291 e. The Morgan fingerprint density at radius 1 is 1.00 bits per heavy atom. The Morgan fingerprint density at radius 2 is 1.86 bits per heavy atom. The van der Waals surface area contributed by atoms with E-state index >= 15 is 0 Å². The molecule has 1 amide bonds. The van der Waals surface area contributed by atoms with Crippen LogP contribution in [-0.2, 0) is 6.54 Å². The lowest BCUT2D eigenvalue weighted by Crippen LogP contribution is -2.29. The Hall–Kier alpha value is -3.31. The number of para-hydroxylation sites is 1. The van der Waals surface area contributed by atoms with Gasteiger partial charge in [-0.3, -0.25) is 9.59 Å². The summed E-state index contributed by atoms with van der Waals surface area (Å²) in [4.78, 5) is 28.1. The van der Waals surface area contributed by atoms with Gasteiger partial charge in [-0.05, 0) is 42.0 Å². The molecule has 0 radical (unpaired) electrons. The van der Waals surface area contributed by atoms with Gasteiger partial charge in [0.2, 0.25) is 5.76 Å². The van der Waals surface area contributed by atoms with Crippen LogP contribution >= 0.6 is 11.6 Å². The van der Waals surface area contributed by atoms with Crippen LogP contribution in [0.5, 0.6) is 0 Å². The Labute approximate surface area is 164 Å². The normalized spacial score (nSPS) is 16.0. The molecule has 1 atom stereocenters. The van der Waals surface area contributed by atoms with Crippen molar-refractivity contribution < 1.29 is 13.6 Å². The predicted octanol–water partition coefficient (Wildman–Crippen LogP) is 4.78. The summed E-state index contributed by atoms with van der Waals surface area (Å²) in [5, 5.41) is 0.974. The number of carbonyl (C=O) groups excluding carboxylic acids is 1. The standard InChI is InChI=1S/C22H14ClNO4/c23-14-6-3-5-13(11-14)19-18-20(25)16-8-1-2-9-17(16)28-21(18)22(26)24(19)12-15-7-4-10-27-15/h1-11,19H,12H2/t19-/m1/s1. The first-order valence-corrected chi connectivity index (χ1v) is 9.16. The summed E-state index contributed by atoms with van der Waals surface area (Å²) in [6, 6.07) is 17.0. The van der Waals surface area contributed by atoms with Crippen LogP contribution in [0.3, 0.4) is 0 Å². The molecule has 5 nitrogen and oxygen atoms in total. The van der Waals surface area contributed by atoms with Gasteiger partial charge < -0.3 is 13.7 Å². The van der Waals surface area contributed by atoms with Crippen LogP contribution in [-0.4, -0.2) is 10.8 Å². The zero-order valence-corrected chi connectivity index (χ0v) is 15.3. The molecule has 1 aliphatic heterocycles. The Kier molecular flexibility index (Phi) is 3.84. The van der Waals surface area contributed by atoms with Crippen molar-refractivity contribution >= 4 is 28.5 Å². The Balaban J connectivity index is 1.76. The minimum Gasteiger partial charge on any atom is -0.467 e. The average Bonchev–Trinajstić information content (AvgIpc) is 3.30. The second-order valence-corrected chi connectivity index (χ2v) is 7.08. The van der Waals surface area contributed by atoms with Gasteiger partial charge >= 0.3 is 0 Å². The molecule has 0 bridgehead atoms. The van der Waals surface area contributed by atoms with Crippen molar-refractivity contribution in [2.24, 2.45) is 0 Å². The van der Waals surface area contributed by atoms with Crippen molar-refractivity contribution in [3.63, 3.8) is 0 Å². The van der Waals surface area contributed by atoms with Crippen LogP contribution in [0.1, 0.15) is 33.5 Å². The number of nitrogens with zero attached hydrogens (tertiary/aromatic N) is 1. The molecule has 0 saturated carbocycles. The summed E-state index contributed by atoms with van der Waals surface area (Å²) in [5.74, 6) is 0.338. The minimum atomic E-state index is -0.604. The van der Waals surface area contributed by atoms with Gasteiger partial charge in [-0.1, -0.05) is 35.9 Å². The van der Waals surface area contributed by atoms with E-state index in [0.717, 1.165) is 5.56 Å². The largest absolute Gasteiger partial charge is 0.467 e. The van der Waals surface area contributed by atoms with Crippen LogP contribution in [0.15, 0.2) is 80.6 Å². The molecule has 0 spiro atoms. The van der Waals surface area contributed by atoms with E-state index in [1.165, 1.54) is 0 Å². The number of hydrogen-bond donors (Lipinski definition) is 0. The van der Waals surface area contributed by atoms with Crippen molar-refractivity contribution in [1.29, 1.82) is 0 Å². The molecule has 1 aliphatic rings. The molecule has 4 aromatic rings. The van der Waals surface area contributed by atoms with E-state index in [-0.39, 0.29) is 23.6 Å². The highest BCUT2D eigenvalue weighted by Gasteiger charge is 2.43. The van der Waals surface area contributed by atoms with E-state index in [2.05, 4.69) is 0 Å². The number of furan rings is 1. The Bertz CT molecular complexity index is 1260. The summed E-state index contributed by atoms with van der Waals surface area (Å²) in [6.07, 6.45) is 1.55. The molecule has 2 aromatic carbocycles. The second kappa shape index (κ2) is 6.39. The van der Waals surface area contributed by atoms with Gasteiger partial charge in [0.25, 0.3) is 5.91 Å². The first-order chi connectivity index (χ1) is 13.6. The van der Waals surface area contributed by atoms with Crippen LogP contribution in [0.2, 0.25) is 5.02 Å². The van der Waals surface area contributed by atoms with Gasteiger partial charge in [-0.25, -0.2) is 0 Å². The van der Waals surface area contributed by atoms with Crippen molar-refractivity contribution in [1.82, 2.24) is 4.90 Å². The monoisotopic (exact) mass is 391 g/mol. The van der Waals surface area contributed by atoms with Gasteiger partial charge in [-0.15, -0.1) is 0 Å². The highest BCUT2D eigenvalue weighted by atomic mass is 35.5. The SMILES string of the molecule is O=C1c2oc3ccccc3c(=O)c2[C@@H](c2cccc(Cl)c2)N1Cc1ccco1. The summed E-state index contributed by atoms with van der Waals surface area (Å²) >= 11 is 6.19. The van der Waals surface area contributed by atoms with Gasteiger partial charge in [0.1, 0.15) is 11.3 Å². The molecule has 2 aromatic heterocycles. The summed E-state index contributed by atoms with van der Waals surface area (Å²) in [6.45, 7) is 0.211. The van der Waals surface area contributed by atoms with E-state index in [0.29, 0.717) is 27.3 Å². The van der Waals surface area contributed by atoms with Crippen LogP contribution in [0.25, 0.3) is 11.0 Å². The average molecular weight is 392 g/mol. The Morgan fingerprint density at radius 3 is 2.64 bits per heavy atom. The lowest BCUT2D eigenvalue weighted by Gasteiger charge is -2.24. The molecule has 138 valence electrons. The number of hydrogen-bond acceptors (Lipinski definition) is 4. The van der Waals surface area contributed by atoms with Crippen molar-refractivity contribution in [3.8, 4) is 0 Å². The third-order valence-corrected chi connectivity index (χ3v) is 5.18. The second-order valence-electron chi connectivity index (χ2n) is 6.64. The number of rotatable bonds is 3. The quantitative estimate of drug-likeness (QED) is 0.504. The smallest absolute Gasteiger partial charge is 0.291 e. The number of fused-ring (bicyclic) bond motifs is 2. The molecular weight excluding hydrogens is 378 g/mol. The highest BCUT2D eigenvalue weighted by Crippen LogP contribution is 2.39. The third kappa shape index (κ3) is 2.55. The highest BCUT2D eigenvalue weighted by molar-refractivity contribution is 6.30. The molecule has 6 heteroatoms. The number of benzene rings is 2. The number of amides is 1. The van der Waals surface area contributed by atoms with Gasteiger partial charge in [-0.2, -0.15) is 0 Å². The molecule has 0 aliphatic carbocycles. The van der Waals surface area contributed by atoms with E-state index in [1.54, 1.807) is 65.8 Å². The molecular formula is C22H14ClNO4. The molecule has 5 rings (SSSR count). The summed E-state index contributed by atoms with van der Waals surface area (Å²) in [5.41, 5.74) is 1.26. The molecule has 0 unspecified atom stereocenters. The third-order valence-electron chi connectivity index (χ3n) is 4.94. The van der Waals surface area contributed by atoms with Gasteiger partial charge in [0.05, 0.1) is 29.8 Å². The zero-order chi connectivity index (χ0) is 19.3. The van der Waals surface area contributed by atoms with E-state index < -0.39 is 6.04 Å². The fourth-order valence-corrected chi connectivity index (χ4v) is 3.92. The summed E-state index contributed by atoms with van der Waals surface area (Å²) in [7, 11) is 0. The van der Waals surface area contributed by atoms with E-state index in [9.17, 15) is 9.59 Å². The van der Waals surface area contributed by atoms with Gasteiger partial charge in [0.15, 0.2) is 5.43 Å². The number of carbonyl (C=O) groups is 1. The van der Waals surface area contributed by atoms with Gasteiger partial charge in [0, 0.05) is 5.02 Å². The van der Waals surface area contributed by atoms with Crippen LogP contribution in [0.4, 0.5) is 0 Å². The lowest BCUT2D eigenvalue weighted by atomic mass is 9.98. The summed E-state index contributed by atoms with van der Waals surface area (Å²) < 4.78 is 11.3. The fraction of sp³-hybridized carbons (Fsp3) is 0.0909. The zero-order valence-electron chi connectivity index (χ0n) is 14.6. The molecule has 3 heterocycles. The van der Waals surface area contributed by atoms with E-state index in [1.807, 2.05) is 6.07 Å². The first kappa shape index (κ1) is 16.8. The molecule has 0 fully saturated rings. The first-order valence-electron chi connectivity index (χ1n) is 8.78. The minimum absolute atomic E-state index is 0.0697. The molecule has 0 N–H and O–H groups in total. The van der Waals surface area contributed by atoms with Crippen LogP contribution in [0, 0.1) is 0 Å². The van der Waals surface area contributed by atoms with Crippen molar-refractivity contribution in [2.45, 2.75) is 12.6 Å². The maximum absolute atomic E-state index is 13.3. The molecule has 28 heavy (non-hydrogen) atoms. The lowest BCUT2D eigenvalue weighted by molar-refractivity contribution is 0.0701. The van der Waals surface area contributed by atoms with Crippen molar-refractivity contribution in [3.05, 3.63) is 105 Å². The predicted molar refractivity (Wildman–Crippen MR) is 104 cm³/mol. The topological polar surface area (TPSA) is 63.7 Å². The molecule has 0 saturated heterocycles. The van der Waals surface area contributed by atoms with Crippen LogP contribution < -0.4 is 5.43 Å².